The van der Waals surface area contributed by atoms with Gasteiger partial charge >= 0.3 is 5.97 Å². The smallest absolute Gasteiger partial charge is 0.329 e. The molecule has 1 saturated carbocycles. The van der Waals surface area contributed by atoms with Gasteiger partial charge in [-0.05, 0) is 31.0 Å². The van der Waals surface area contributed by atoms with E-state index in [-0.39, 0.29) is 16.5 Å². The van der Waals surface area contributed by atoms with Crippen LogP contribution in [0.4, 0.5) is 5.69 Å². The third-order valence-corrected chi connectivity index (χ3v) is 4.08. The van der Waals surface area contributed by atoms with Gasteiger partial charge in [0.25, 0.3) is 5.91 Å². The lowest BCUT2D eigenvalue weighted by Crippen LogP contribution is -2.52. The molecule has 7 heteroatoms. The number of carbonyl (C=O) groups is 3. The minimum absolute atomic E-state index is 0.139. The third kappa shape index (κ3) is 3.39. The van der Waals surface area contributed by atoms with Crippen molar-refractivity contribution in [3.8, 4) is 0 Å². The molecule has 3 N–H and O–H groups in total. The van der Waals surface area contributed by atoms with Crippen LogP contribution in [0.3, 0.4) is 0 Å². The molecule has 1 fully saturated rings. The van der Waals surface area contributed by atoms with Gasteiger partial charge in [0.05, 0.1) is 10.6 Å². The number of carbonyl (C=O) groups excluding carboxylic acids is 2. The Morgan fingerprint density at radius 3 is 2.41 bits per heavy atom. The Morgan fingerprint density at radius 2 is 1.86 bits per heavy atom. The summed E-state index contributed by atoms with van der Waals surface area (Å²) in [6.45, 7) is 1.35. The van der Waals surface area contributed by atoms with E-state index < -0.39 is 17.4 Å². The number of hydrogen-bond acceptors (Lipinski definition) is 3. The molecule has 118 valence electrons. The Labute approximate surface area is 132 Å². The van der Waals surface area contributed by atoms with Gasteiger partial charge in [-0.1, -0.05) is 24.4 Å². The van der Waals surface area contributed by atoms with Gasteiger partial charge in [-0.15, -0.1) is 0 Å². The number of aliphatic carboxylic acids is 1. The zero-order valence-electron chi connectivity index (χ0n) is 12.1. The number of carboxylic acid groups (broad SMARTS) is 1. The van der Waals surface area contributed by atoms with Crippen molar-refractivity contribution < 1.29 is 19.5 Å². The minimum Gasteiger partial charge on any atom is -0.480 e. The Balaban J connectivity index is 2.25. The molecule has 1 aromatic carbocycles. The van der Waals surface area contributed by atoms with Crippen molar-refractivity contribution in [2.75, 3.05) is 5.32 Å². The number of hydrogen-bond donors (Lipinski definition) is 3. The van der Waals surface area contributed by atoms with Gasteiger partial charge < -0.3 is 15.7 Å². The predicted octanol–water partition coefficient (Wildman–Crippen LogP) is 2.43. The second-order valence-electron chi connectivity index (χ2n) is 5.42. The van der Waals surface area contributed by atoms with E-state index in [4.69, 9.17) is 11.6 Å². The van der Waals surface area contributed by atoms with E-state index in [2.05, 4.69) is 10.6 Å². The molecule has 0 radical (unpaired) electrons. The van der Waals surface area contributed by atoms with Crippen molar-refractivity contribution in [1.82, 2.24) is 5.32 Å². The van der Waals surface area contributed by atoms with Gasteiger partial charge in [-0.25, -0.2) is 4.79 Å². The molecule has 0 atom stereocenters. The van der Waals surface area contributed by atoms with Gasteiger partial charge in [0.2, 0.25) is 5.91 Å². The first-order valence-electron chi connectivity index (χ1n) is 6.97. The molecule has 0 unspecified atom stereocenters. The Hall–Kier alpha value is -2.08. The average Bonchev–Trinajstić information content (AvgIpc) is 2.90. The number of carboxylic acids is 1. The van der Waals surface area contributed by atoms with Crippen molar-refractivity contribution in [2.45, 2.75) is 38.1 Å². The molecule has 2 amide bonds. The van der Waals surface area contributed by atoms with Crippen molar-refractivity contribution in [1.29, 1.82) is 0 Å². The summed E-state index contributed by atoms with van der Waals surface area (Å²) < 4.78 is 0. The van der Waals surface area contributed by atoms with Crippen LogP contribution in [0.25, 0.3) is 0 Å². The summed E-state index contributed by atoms with van der Waals surface area (Å²) in [6, 6.07) is 4.50. The summed E-state index contributed by atoms with van der Waals surface area (Å²) >= 11 is 6.02. The molecule has 0 aliphatic heterocycles. The Bertz CT molecular complexity index is 624. The number of amides is 2. The van der Waals surface area contributed by atoms with E-state index >= 15 is 0 Å². The molecular weight excluding hydrogens is 308 g/mol. The van der Waals surface area contributed by atoms with E-state index in [0.717, 1.165) is 12.8 Å². The van der Waals surface area contributed by atoms with Crippen LogP contribution in [0.2, 0.25) is 5.02 Å². The highest BCUT2D eigenvalue weighted by atomic mass is 35.5. The fourth-order valence-corrected chi connectivity index (χ4v) is 2.84. The van der Waals surface area contributed by atoms with Crippen LogP contribution < -0.4 is 10.6 Å². The fraction of sp³-hybridized carbons (Fsp3) is 0.400. The van der Waals surface area contributed by atoms with Gasteiger partial charge in [0, 0.05) is 12.6 Å². The summed E-state index contributed by atoms with van der Waals surface area (Å²) in [5.41, 5.74) is -0.664. The van der Waals surface area contributed by atoms with Gasteiger partial charge in [-0.3, -0.25) is 9.59 Å². The van der Waals surface area contributed by atoms with Crippen LogP contribution >= 0.6 is 11.6 Å². The molecule has 1 aliphatic carbocycles. The van der Waals surface area contributed by atoms with Crippen LogP contribution in [0.1, 0.15) is 43.0 Å². The van der Waals surface area contributed by atoms with Gasteiger partial charge in [-0.2, -0.15) is 0 Å². The average molecular weight is 325 g/mol. The van der Waals surface area contributed by atoms with Crippen LogP contribution in [-0.2, 0) is 9.59 Å². The highest BCUT2D eigenvalue weighted by Gasteiger charge is 2.42. The first-order chi connectivity index (χ1) is 10.3. The van der Waals surface area contributed by atoms with Crippen LogP contribution in [0, 0.1) is 0 Å². The standard InChI is InChI=1S/C15H17ClN2O4/c1-9(19)17-10-4-5-12(16)11(8-10)13(20)18-15(14(21)22)6-2-3-7-15/h4-5,8H,2-3,6-7H2,1H3,(H,17,19)(H,18,20)(H,21,22). The van der Waals surface area contributed by atoms with Crippen molar-refractivity contribution in [3.05, 3.63) is 28.8 Å². The lowest BCUT2D eigenvalue weighted by atomic mass is 9.97. The lowest BCUT2D eigenvalue weighted by Gasteiger charge is -2.25. The van der Waals surface area contributed by atoms with Crippen LogP contribution in [0.5, 0.6) is 0 Å². The van der Waals surface area contributed by atoms with E-state index in [1.54, 1.807) is 6.07 Å². The molecular formula is C15H17ClN2O4. The minimum atomic E-state index is -1.23. The molecule has 22 heavy (non-hydrogen) atoms. The zero-order chi connectivity index (χ0) is 16.3. The highest BCUT2D eigenvalue weighted by Crippen LogP contribution is 2.31. The highest BCUT2D eigenvalue weighted by molar-refractivity contribution is 6.34. The molecule has 0 spiro atoms. The van der Waals surface area contributed by atoms with Gasteiger partial charge in [0.1, 0.15) is 5.54 Å². The number of halogens is 1. The zero-order valence-corrected chi connectivity index (χ0v) is 12.9. The van der Waals surface area contributed by atoms with E-state index in [9.17, 15) is 19.5 Å². The van der Waals surface area contributed by atoms with E-state index in [0.29, 0.717) is 18.5 Å². The second kappa shape index (κ2) is 6.36. The number of rotatable bonds is 4. The molecule has 1 aromatic rings. The summed E-state index contributed by atoms with van der Waals surface area (Å²) in [7, 11) is 0. The molecule has 2 rings (SSSR count). The van der Waals surface area contributed by atoms with Crippen molar-refractivity contribution >= 4 is 35.1 Å². The number of benzene rings is 1. The maximum atomic E-state index is 12.4. The molecule has 0 saturated heterocycles. The van der Waals surface area contributed by atoms with Crippen molar-refractivity contribution in [3.63, 3.8) is 0 Å². The summed E-state index contributed by atoms with van der Waals surface area (Å²) in [5, 5.41) is 14.8. The normalized spacial score (nSPS) is 16.1. The topological polar surface area (TPSA) is 95.5 Å². The lowest BCUT2D eigenvalue weighted by molar-refractivity contribution is -0.144. The third-order valence-electron chi connectivity index (χ3n) is 3.75. The Kier molecular flexibility index (Phi) is 4.71. The molecule has 0 aromatic heterocycles. The Morgan fingerprint density at radius 1 is 1.23 bits per heavy atom. The van der Waals surface area contributed by atoms with Crippen molar-refractivity contribution in [2.24, 2.45) is 0 Å². The molecule has 6 nitrogen and oxygen atoms in total. The molecule has 0 bridgehead atoms. The van der Waals surface area contributed by atoms with Crippen LogP contribution in [0.15, 0.2) is 18.2 Å². The first-order valence-corrected chi connectivity index (χ1v) is 7.35. The maximum absolute atomic E-state index is 12.4. The first kappa shape index (κ1) is 16.3. The summed E-state index contributed by atoms with van der Waals surface area (Å²) in [4.78, 5) is 35.0. The fourth-order valence-electron chi connectivity index (χ4n) is 2.64. The predicted molar refractivity (Wildman–Crippen MR) is 82.1 cm³/mol. The number of anilines is 1. The largest absolute Gasteiger partial charge is 0.480 e. The maximum Gasteiger partial charge on any atom is 0.329 e. The van der Waals surface area contributed by atoms with E-state index in [1.807, 2.05) is 0 Å². The molecule has 0 heterocycles. The van der Waals surface area contributed by atoms with Crippen LogP contribution in [-0.4, -0.2) is 28.4 Å². The monoisotopic (exact) mass is 324 g/mol. The molecule has 1 aliphatic rings. The summed E-state index contributed by atoms with van der Waals surface area (Å²) in [5.74, 6) is -1.86. The second-order valence-corrected chi connectivity index (χ2v) is 5.83. The van der Waals surface area contributed by atoms with Gasteiger partial charge in [0.15, 0.2) is 0 Å². The quantitative estimate of drug-likeness (QED) is 0.792. The SMILES string of the molecule is CC(=O)Nc1ccc(Cl)c(C(=O)NC2(C(=O)O)CCCC2)c1. The summed E-state index contributed by atoms with van der Waals surface area (Å²) in [6.07, 6.45) is 2.31. The number of nitrogens with one attached hydrogen (secondary N) is 2. The van der Waals surface area contributed by atoms with E-state index in [1.165, 1.54) is 19.1 Å².